The lowest BCUT2D eigenvalue weighted by molar-refractivity contribution is -0.177. The smallest absolute Gasteiger partial charge is 0.242 e. The second-order valence-corrected chi connectivity index (χ2v) is 11.0. The molecule has 0 spiro atoms. The minimum Gasteiger partial charge on any atom is -0.353 e. The maximum absolute atomic E-state index is 12.8. The number of amides is 1. The highest BCUT2D eigenvalue weighted by atomic mass is 32.2. The van der Waals surface area contributed by atoms with Gasteiger partial charge in [-0.05, 0) is 70.5 Å². The van der Waals surface area contributed by atoms with Crippen LogP contribution in [0.5, 0.6) is 0 Å². The molecule has 2 heterocycles. The van der Waals surface area contributed by atoms with Gasteiger partial charge in [-0.2, -0.15) is 0 Å². The quantitative estimate of drug-likeness (QED) is 0.611. The number of aromatic nitrogens is 1. The average Bonchev–Trinajstić information content (AvgIpc) is 3.09. The van der Waals surface area contributed by atoms with Crippen LogP contribution in [0.25, 0.3) is 0 Å². The fourth-order valence-electron chi connectivity index (χ4n) is 4.07. The largest absolute Gasteiger partial charge is 0.353 e. The highest BCUT2D eigenvalue weighted by Crippen LogP contribution is 2.44. The molecule has 2 aliphatic carbocycles. The zero-order chi connectivity index (χ0) is 20.3. The Morgan fingerprint density at radius 1 is 1.28 bits per heavy atom. The molecule has 1 saturated heterocycles. The molecule has 0 radical (unpaired) electrons. The molecule has 3 aliphatic rings. The molecule has 0 bridgehead atoms. The van der Waals surface area contributed by atoms with Gasteiger partial charge >= 0.3 is 0 Å². The Hall–Kier alpha value is -1.05. The van der Waals surface area contributed by atoms with E-state index in [0.717, 1.165) is 62.5 Å². The highest BCUT2D eigenvalue weighted by molar-refractivity contribution is 8.01. The summed E-state index contributed by atoms with van der Waals surface area (Å²) < 4.78 is 16.8. The predicted octanol–water partition coefficient (Wildman–Crippen LogP) is 4.89. The summed E-state index contributed by atoms with van der Waals surface area (Å²) in [5, 5.41) is 7.22. The molecule has 3 fully saturated rings. The van der Waals surface area contributed by atoms with E-state index in [2.05, 4.69) is 10.5 Å². The molecule has 1 N–H and O–H groups in total. The van der Waals surface area contributed by atoms with Crippen LogP contribution in [-0.4, -0.2) is 41.1 Å². The second kappa shape index (κ2) is 8.98. The molecular weight excluding hydrogens is 388 g/mol. The van der Waals surface area contributed by atoms with Gasteiger partial charge < -0.3 is 14.0 Å². The predicted molar refractivity (Wildman–Crippen MR) is 114 cm³/mol. The lowest BCUT2D eigenvalue weighted by Crippen LogP contribution is -2.41. The lowest BCUT2D eigenvalue weighted by atomic mass is 9.67. The Morgan fingerprint density at radius 2 is 2.10 bits per heavy atom. The first-order valence-electron chi connectivity index (χ1n) is 11.1. The van der Waals surface area contributed by atoms with Gasteiger partial charge in [0, 0.05) is 18.1 Å². The Labute approximate surface area is 177 Å². The summed E-state index contributed by atoms with van der Waals surface area (Å²) in [7, 11) is 0. The molecule has 1 aromatic rings. The monoisotopic (exact) mass is 422 g/mol. The molecule has 1 unspecified atom stereocenters. The van der Waals surface area contributed by atoms with Crippen LogP contribution >= 0.6 is 11.8 Å². The molecule has 1 amide bonds. The van der Waals surface area contributed by atoms with Crippen molar-refractivity contribution in [3.63, 3.8) is 0 Å². The van der Waals surface area contributed by atoms with Crippen LogP contribution in [0, 0.1) is 5.92 Å². The minimum atomic E-state index is -0.488. The number of carbonyl (C=O) groups is 1. The van der Waals surface area contributed by atoms with Crippen molar-refractivity contribution in [3.8, 4) is 0 Å². The van der Waals surface area contributed by atoms with Crippen molar-refractivity contribution >= 4 is 23.6 Å². The fourth-order valence-corrected chi connectivity index (χ4v) is 5.24. The summed E-state index contributed by atoms with van der Waals surface area (Å²) in [6, 6.07) is 1.88. The van der Waals surface area contributed by atoms with Crippen molar-refractivity contribution in [3.05, 3.63) is 11.8 Å². The molecule has 29 heavy (non-hydrogen) atoms. The third-order valence-corrected chi connectivity index (χ3v) is 8.28. The molecule has 0 aromatic carbocycles. The second-order valence-electron chi connectivity index (χ2n) is 9.39. The molecular formula is C22H34N2O4S. The molecule has 162 valence electrons. The number of hydrogen-bond acceptors (Lipinski definition) is 6. The number of rotatable bonds is 9. The van der Waals surface area contributed by atoms with Gasteiger partial charge in [0.2, 0.25) is 11.8 Å². The van der Waals surface area contributed by atoms with Crippen molar-refractivity contribution in [2.75, 3.05) is 24.3 Å². The Balaban J connectivity index is 1.32. The van der Waals surface area contributed by atoms with Crippen molar-refractivity contribution in [2.24, 2.45) is 5.92 Å². The van der Waals surface area contributed by atoms with Gasteiger partial charge in [0.1, 0.15) is 0 Å². The van der Waals surface area contributed by atoms with Crippen LogP contribution in [0.2, 0.25) is 0 Å². The number of nitrogens with one attached hydrogen (secondary N) is 1. The number of anilines is 1. The van der Waals surface area contributed by atoms with Crippen LogP contribution < -0.4 is 5.32 Å². The average molecular weight is 423 g/mol. The van der Waals surface area contributed by atoms with Crippen LogP contribution in [0.4, 0.5) is 5.88 Å². The zero-order valence-electron chi connectivity index (χ0n) is 17.7. The van der Waals surface area contributed by atoms with E-state index >= 15 is 0 Å². The molecule has 6 nitrogen and oxygen atoms in total. The van der Waals surface area contributed by atoms with Gasteiger partial charge in [-0.3, -0.25) is 10.1 Å². The molecule has 1 atom stereocenters. The van der Waals surface area contributed by atoms with Gasteiger partial charge in [0.15, 0.2) is 6.29 Å². The first-order valence-corrected chi connectivity index (χ1v) is 12.1. The number of hydrogen-bond donors (Lipinski definition) is 1. The van der Waals surface area contributed by atoms with Crippen molar-refractivity contribution in [1.29, 1.82) is 0 Å². The van der Waals surface area contributed by atoms with Gasteiger partial charge in [-0.25, -0.2) is 0 Å². The van der Waals surface area contributed by atoms with E-state index in [-0.39, 0.29) is 17.6 Å². The summed E-state index contributed by atoms with van der Waals surface area (Å²) in [5.74, 6) is 2.23. The topological polar surface area (TPSA) is 73.6 Å². The maximum Gasteiger partial charge on any atom is 0.242 e. The first kappa shape index (κ1) is 21.2. The van der Waals surface area contributed by atoms with Gasteiger partial charge in [0.25, 0.3) is 0 Å². The minimum absolute atomic E-state index is 0.0287. The molecule has 7 heteroatoms. The summed E-state index contributed by atoms with van der Waals surface area (Å²) in [5.41, 5.74) is 0.775. The summed E-state index contributed by atoms with van der Waals surface area (Å²) in [6.45, 7) is 5.34. The van der Waals surface area contributed by atoms with Crippen molar-refractivity contribution in [1.82, 2.24) is 5.16 Å². The molecule has 4 rings (SSSR count). The van der Waals surface area contributed by atoms with Crippen LogP contribution in [-0.2, 0) is 19.7 Å². The van der Waals surface area contributed by atoms with Gasteiger partial charge in [-0.1, -0.05) is 18.0 Å². The summed E-state index contributed by atoms with van der Waals surface area (Å²) in [4.78, 5) is 12.8. The van der Waals surface area contributed by atoms with Crippen LogP contribution in [0.1, 0.15) is 77.3 Å². The Kier molecular flexibility index (Phi) is 6.56. The van der Waals surface area contributed by atoms with E-state index in [1.54, 1.807) is 11.8 Å². The molecule has 2 saturated carbocycles. The van der Waals surface area contributed by atoms with E-state index in [0.29, 0.717) is 12.5 Å². The van der Waals surface area contributed by atoms with E-state index < -0.39 is 4.75 Å². The summed E-state index contributed by atoms with van der Waals surface area (Å²) in [6.07, 6.45) is 10.3. The first-order chi connectivity index (χ1) is 14.0. The normalized spacial score (nSPS) is 24.6. The number of thioether (sulfide) groups is 1. The van der Waals surface area contributed by atoms with Gasteiger partial charge in [0.05, 0.1) is 17.0 Å². The standard InChI is InChI=1S/C22H34N2O4S/c1-21(2,29-14-16-7-5-8-16)20(25)23-18-13-17(24-28-18)22(10-6-11-22)15-27-19-9-3-4-12-26-19/h13,16,19H,3-12,14-15H2,1-2H3,(H,23,25). The number of ether oxygens (including phenoxy) is 2. The highest BCUT2D eigenvalue weighted by Gasteiger charge is 2.43. The Bertz CT molecular complexity index is 691. The van der Waals surface area contributed by atoms with Crippen LogP contribution in [0.3, 0.4) is 0 Å². The zero-order valence-corrected chi connectivity index (χ0v) is 18.5. The third-order valence-electron chi connectivity index (χ3n) is 6.74. The fraction of sp³-hybridized carbons (Fsp3) is 0.818. The van der Waals surface area contributed by atoms with Crippen molar-refractivity contribution in [2.45, 2.75) is 88.1 Å². The molecule has 1 aromatic heterocycles. The van der Waals surface area contributed by atoms with Crippen molar-refractivity contribution < 1.29 is 18.8 Å². The Morgan fingerprint density at radius 3 is 2.72 bits per heavy atom. The molecule has 1 aliphatic heterocycles. The van der Waals surface area contributed by atoms with Crippen LogP contribution in [0.15, 0.2) is 10.6 Å². The van der Waals surface area contributed by atoms with E-state index in [1.807, 2.05) is 19.9 Å². The maximum atomic E-state index is 12.8. The third kappa shape index (κ3) is 5.00. The number of nitrogens with zero attached hydrogens (tertiary/aromatic N) is 1. The lowest BCUT2D eigenvalue weighted by Gasteiger charge is -2.40. The van der Waals surface area contributed by atoms with Gasteiger partial charge in [-0.15, -0.1) is 11.8 Å². The van der Waals surface area contributed by atoms with E-state index in [1.165, 1.54) is 19.3 Å². The van der Waals surface area contributed by atoms with E-state index in [4.69, 9.17) is 14.0 Å². The number of carbonyl (C=O) groups excluding carboxylic acids is 1. The van der Waals surface area contributed by atoms with E-state index in [9.17, 15) is 4.79 Å². The SMILES string of the molecule is CC(C)(SCC1CCC1)C(=O)Nc1cc(C2(COC3CCCCO3)CCC2)no1. The summed E-state index contributed by atoms with van der Waals surface area (Å²) >= 11 is 1.73.